The molecule has 1 atom stereocenters. The Morgan fingerprint density at radius 3 is 2.95 bits per heavy atom. The monoisotopic (exact) mass is 270 g/mol. The summed E-state index contributed by atoms with van der Waals surface area (Å²) in [6.07, 6.45) is 4.94. The van der Waals surface area contributed by atoms with Gasteiger partial charge in [0.2, 0.25) is 0 Å². The van der Waals surface area contributed by atoms with Crippen molar-refractivity contribution in [2.45, 2.75) is 45.3 Å². The van der Waals surface area contributed by atoms with Crippen LogP contribution in [-0.2, 0) is 6.61 Å². The molecule has 2 aromatic rings. The lowest BCUT2D eigenvalue weighted by Gasteiger charge is -2.37. The van der Waals surface area contributed by atoms with Gasteiger partial charge in [0.25, 0.3) is 0 Å². The first-order valence-electron chi connectivity index (χ1n) is 7.59. The van der Waals surface area contributed by atoms with Crippen LogP contribution in [0.5, 0.6) is 0 Å². The van der Waals surface area contributed by atoms with E-state index in [1.54, 1.807) is 0 Å². The Bertz CT molecular complexity index is 597. The van der Waals surface area contributed by atoms with Crippen molar-refractivity contribution in [3.63, 3.8) is 0 Å². The molecule has 1 aromatic carbocycles. The molecule has 1 fully saturated rings. The van der Waals surface area contributed by atoms with Crippen LogP contribution in [0.15, 0.2) is 30.3 Å². The van der Waals surface area contributed by atoms with Crippen molar-refractivity contribution < 1.29 is 5.11 Å². The molecule has 106 valence electrons. The first kappa shape index (κ1) is 13.4. The summed E-state index contributed by atoms with van der Waals surface area (Å²) in [4.78, 5) is 7.17. The van der Waals surface area contributed by atoms with Crippen molar-refractivity contribution in [3.8, 4) is 0 Å². The smallest absolute Gasteiger partial charge is 0.137 e. The number of rotatable bonds is 3. The molecule has 1 aliphatic heterocycles. The van der Waals surface area contributed by atoms with E-state index in [-0.39, 0.29) is 6.61 Å². The second kappa shape index (κ2) is 5.80. The molecular formula is C17H22N2O. The largest absolute Gasteiger partial charge is 0.390 e. The van der Waals surface area contributed by atoms with Crippen LogP contribution in [0.25, 0.3) is 10.8 Å². The highest BCUT2D eigenvalue weighted by Gasteiger charge is 2.23. The van der Waals surface area contributed by atoms with Crippen molar-refractivity contribution in [3.05, 3.63) is 36.0 Å². The summed E-state index contributed by atoms with van der Waals surface area (Å²) in [5.74, 6) is 1.05. The van der Waals surface area contributed by atoms with Crippen molar-refractivity contribution >= 4 is 16.6 Å². The van der Waals surface area contributed by atoms with Crippen LogP contribution < -0.4 is 4.90 Å². The highest BCUT2D eigenvalue weighted by atomic mass is 16.3. The molecule has 1 aromatic heterocycles. The quantitative estimate of drug-likeness (QED) is 0.927. The fraction of sp³-hybridized carbons (Fsp3) is 0.471. The van der Waals surface area contributed by atoms with Gasteiger partial charge in [0.1, 0.15) is 5.82 Å². The standard InChI is InChI=1S/C17H22N2O/c1-2-15-8-5-6-10-19(15)17-16-9-4-3-7-13(16)11-14(12-20)18-17/h3-4,7,9,11,15,20H,2,5-6,8,10,12H2,1H3. The van der Waals surface area contributed by atoms with Crippen LogP contribution in [0.4, 0.5) is 5.82 Å². The number of aromatic nitrogens is 1. The molecule has 1 saturated heterocycles. The fourth-order valence-electron chi connectivity index (χ4n) is 3.24. The summed E-state index contributed by atoms with van der Waals surface area (Å²) < 4.78 is 0. The van der Waals surface area contributed by atoms with Gasteiger partial charge in [-0.25, -0.2) is 4.98 Å². The van der Waals surface area contributed by atoms with E-state index >= 15 is 0 Å². The Morgan fingerprint density at radius 2 is 2.15 bits per heavy atom. The van der Waals surface area contributed by atoms with E-state index in [4.69, 9.17) is 4.98 Å². The van der Waals surface area contributed by atoms with Gasteiger partial charge in [-0.15, -0.1) is 0 Å². The van der Waals surface area contributed by atoms with E-state index < -0.39 is 0 Å². The maximum absolute atomic E-state index is 9.46. The lowest BCUT2D eigenvalue weighted by molar-refractivity contribution is 0.277. The van der Waals surface area contributed by atoms with Crippen molar-refractivity contribution in [2.24, 2.45) is 0 Å². The minimum atomic E-state index is 0.00245. The van der Waals surface area contributed by atoms with E-state index in [1.807, 2.05) is 12.1 Å². The second-order valence-corrected chi connectivity index (χ2v) is 5.57. The maximum atomic E-state index is 9.46. The third-order valence-electron chi connectivity index (χ3n) is 4.31. The van der Waals surface area contributed by atoms with Gasteiger partial charge >= 0.3 is 0 Å². The number of nitrogens with zero attached hydrogens (tertiary/aromatic N) is 2. The summed E-state index contributed by atoms with van der Waals surface area (Å²) in [6, 6.07) is 10.9. The van der Waals surface area contributed by atoms with Gasteiger partial charge in [-0.2, -0.15) is 0 Å². The minimum Gasteiger partial charge on any atom is -0.390 e. The number of hydrogen-bond acceptors (Lipinski definition) is 3. The molecule has 0 saturated carbocycles. The molecule has 1 N–H and O–H groups in total. The molecule has 0 spiro atoms. The highest BCUT2D eigenvalue weighted by Crippen LogP contribution is 2.31. The predicted molar refractivity (Wildman–Crippen MR) is 82.9 cm³/mol. The number of hydrogen-bond donors (Lipinski definition) is 1. The molecule has 0 aliphatic carbocycles. The zero-order valence-corrected chi connectivity index (χ0v) is 12.0. The molecule has 3 rings (SSSR count). The van der Waals surface area contributed by atoms with Gasteiger partial charge < -0.3 is 10.0 Å². The van der Waals surface area contributed by atoms with Crippen molar-refractivity contribution in [1.82, 2.24) is 4.98 Å². The topological polar surface area (TPSA) is 36.4 Å². The third-order valence-corrected chi connectivity index (χ3v) is 4.31. The number of fused-ring (bicyclic) bond motifs is 1. The summed E-state index contributed by atoms with van der Waals surface area (Å²) in [5.41, 5.74) is 0.763. The summed E-state index contributed by atoms with van der Waals surface area (Å²) in [6.45, 7) is 3.33. The Labute approximate surface area is 120 Å². The van der Waals surface area contributed by atoms with Gasteiger partial charge in [0.05, 0.1) is 12.3 Å². The molecule has 0 amide bonds. The van der Waals surface area contributed by atoms with E-state index in [9.17, 15) is 5.11 Å². The van der Waals surface area contributed by atoms with Crippen molar-refractivity contribution in [2.75, 3.05) is 11.4 Å². The van der Waals surface area contributed by atoms with Crippen molar-refractivity contribution in [1.29, 1.82) is 0 Å². The maximum Gasteiger partial charge on any atom is 0.137 e. The molecular weight excluding hydrogens is 248 g/mol. The predicted octanol–water partition coefficient (Wildman–Crippen LogP) is 3.50. The molecule has 20 heavy (non-hydrogen) atoms. The molecule has 1 unspecified atom stereocenters. The van der Waals surface area contributed by atoms with Gasteiger partial charge in [-0.3, -0.25) is 0 Å². The van der Waals surface area contributed by atoms with E-state index in [0.717, 1.165) is 24.5 Å². The van der Waals surface area contributed by atoms with Crippen LogP contribution in [0.2, 0.25) is 0 Å². The zero-order valence-electron chi connectivity index (χ0n) is 12.0. The normalized spacial score (nSPS) is 19.5. The van der Waals surface area contributed by atoms with Gasteiger partial charge in [-0.1, -0.05) is 31.2 Å². The third kappa shape index (κ3) is 2.38. The Kier molecular flexibility index (Phi) is 3.88. The van der Waals surface area contributed by atoms with Gasteiger partial charge in [0.15, 0.2) is 0 Å². The average Bonchev–Trinajstić information content (AvgIpc) is 2.53. The molecule has 3 heteroatoms. The summed E-state index contributed by atoms with van der Waals surface area (Å²) in [7, 11) is 0. The first-order chi connectivity index (χ1) is 9.83. The highest BCUT2D eigenvalue weighted by molar-refractivity contribution is 5.92. The van der Waals surface area contributed by atoms with Gasteiger partial charge in [-0.05, 0) is 37.1 Å². The lowest BCUT2D eigenvalue weighted by atomic mass is 9.99. The number of aliphatic hydroxyl groups is 1. The van der Waals surface area contributed by atoms with Crippen LogP contribution in [-0.4, -0.2) is 22.7 Å². The minimum absolute atomic E-state index is 0.00245. The second-order valence-electron chi connectivity index (χ2n) is 5.57. The van der Waals surface area contributed by atoms with Gasteiger partial charge in [0, 0.05) is 18.0 Å². The summed E-state index contributed by atoms with van der Waals surface area (Å²) >= 11 is 0. The zero-order chi connectivity index (χ0) is 13.9. The number of piperidine rings is 1. The SMILES string of the molecule is CCC1CCCCN1c1nc(CO)cc2ccccc12. The number of pyridine rings is 1. The fourth-order valence-corrected chi connectivity index (χ4v) is 3.24. The van der Waals surface area contributed by atoms with Crippen LogP contribution >= 0.6 is 0 Å². The molecule has 0 bridgehead atoms. The van der Waals surface area contributed by atoms with Crippen LogP contribution in [0.1, 0.15) is 38.3 Å². The average molecular weight is 270 g/mol. The Balaban J connectivity index is 2.13. The van der Waals surface area contributed by atoms with E-state index in [0.29, 0.717) is 6.04 Å². The van der Waals surface area contributed by atoms with E-state index in [1.165, 1.54) is 30.0 Å². The molecule has 0 radical (unpaired) electrons. The first-order valence-corrected chi connectivity index (χ1v) is 7.59. The number of anilines is 1. The lowest BCUT2D eigenvalue weighted by Crippen LogP contribution is -2.39. The van der Waals surface area contributed by atoms with E-state index in [2.05, 4.69) is 30.0 Å². The molecule has 2 heterocycles. The Hall–Kier alpha value is -1.61. The molecule has 1 aliphatic rings. The number of benzene rings is 1. The number of aliphatic hydroxyl groups excluding tert-OH is 1. The Morgan fingerprint density at radius 1 is 1.30 bits per heavy atom. The molecule has 3 nitrogen and oxygen atoms in total. The summed E-state index contributed by atoms with van der Waals surface area (Å²) in [5, 5.41) is 11.8. The van der Waals surface area contributed by atoms with Crippen LogP contribution in [0, 0.1) is 0 Å². The van der Waals surface area contributed by atoms with Crippen LogP contribution in [0.3, 0.4) is 0 Å².